The van der Waals surface area contributed by atoms with Gasteiger partial charge < -0.3 is 14.3 Å². The van der Waals surface area contributed by atoms with Crippen molar-refractivity contribution in [3.63, 3.8) is 0 Å². The van der Waals surface area contributed by atoms with Crippen LogP contribution in [0.25, 0.3) is 10.9 Å². The van der Waals surface area contributed by atoms with E-state index < -0.39 is 0 Å². The molecule has 2 aliphatic rings. The highest BCUT2D eigenvalue weighted by Crippen LogP contribution is 2.30. The summed E-state index contributed by atoms with van der Waals surface area (Å²) < 4.78 is 4.94. The number of nitrogens with zero attached hydrogens (tertiary/aromatic N) is 6. The van der Waals surface area contributed by atoms with Crippen molar-refractivity contribution in [3.8, 4) is 0 Å². The van der Waals surface area contributed by atoms with Crippen molar-refractivity contribution in [2.75, 3.05) is 49.1 Å². The van der Waals surface area contributed by atoms with Gasteiger partial charge in [0.2, 0.25) is 0 Å². The summed E-state index contributed by atoms with van der Waals surface area (Å²) >= 11 is 0. The highest BCUT2D eigenvalue weighted by Gasteiger charge is 2.20. The van der Waals surface area contributed by atoms with Crippen molar-refractivity contribution in [1.82, 2.24) is 20.0 Å². The molecule has 27 heavy (non-hydrogen) atoms. The third-order valence-corrected chi connectivity index (χ3v) is 5.63. The minimum absolute atomic E-state index is 0.905. The number of hydrogen-bond donors (Lipinski definition) is 0. The predicted octanol–water partition coefficient (Wildman–Crippen LogP) is 2.54. The first-order valence-corrected chi connectivity index (χ1v) is 9.72. The predicted molar refractivity (Wildman–Crippen MR) is 105 cm³/mol. The summed E-state index contributed by atoms with van der Waals surface area (Å²) in [6.07, 6.45) is 7.73. The maximum Gasteiger partial charge on any atom is 0.139 e. The van der Waals surface area contributed by atoms with Gasteiger partial charge in [-0.25, -0.2) is 9.97 Å². The van der Waals surface area contributed by atoms with Crippen molar-refractivity contribution in [2.24, 2.45) is 0 Å². The van der Waals surface area contributed by atoms with Crippen molar-refractivity contribution in [3.05, 3.63) is 42.5 Å². The Morgan fingerprint density at radius 1 is 0.926 bits per heavy atom. The van der Waals surface area contributed by atoms with Crippen LogP contribution in [0.3, 0.4) is 0 Å². The summed E-state index contributed by atoms with van der Waals surface area (Å²) in [5.41, 5.74) is 3.44. The normalized spacial score (nSPS) is 18.5. The van der Waals surface area contributed by atoms with Crippen LogP contribution in [0.4, 0.5) is 11.5 Å². The Bertz CT molecular complexity index is 898. The van der Waals surface area contributed by atoms with Gasteiger partial charge in [0.15, 0.2) is 0 Å². The van der Waals surface area contributed by atoms with E-state index in [1.807, 2.05) is 0 Å². The molecule has 0 spiro atoms. The summed E-state index contributed by atoms with van der Waals surface area (Å²) in [5, 5.41) is 4.96. The summed E-state index contributed by atoms with van der Waals surface area (Å²) in [6.45, 7) is 7.20. The Labute approximate surface area is 158 Å². The van der Waals surface area contributed by atoms with E-state index in [2.05, 4.69) is 48.0 Å². The number of anilines is 2. The molecule has 7 heteroatoms. The van der Waals surface area contributed by atoms with Gasteiger partial charge in [-0.15, -0.1) is 0 Å². The number of rotatable bonds is 4. The molecule has 2 aliphatic heterocycles. The van der Waals surface area contributed by atoms with Crippen LogP contribution in [0.15, 0.2) is 41.5 Å². The molecule has 0 unspecified atom stereocenters. The molecule has 2 saturated heterocycles. The molecule has 0 saturated carbocycles. The van der Waals surface area contributed by atoms with Gasteiger partial charge in [0.25, 0.3) is 0 Å². The highest BCUT2D eigenvalue weighted by atomic mass is 16.5. The van der Waals surface area contributed by atoms with Gasteiger partial charge in [-0.05, 0) is 31.0 Å². The lowest BCUT2D eigenvalue weighted by Crippen LogP contribution is -2.45. The minimum Gasteiger partial charge on any atom is -0.369 e. The summed E-state index contributed by atoms with van der Waals surface area (Å²) in [5.74, 6) is 1.09. The van der Waals surface area contributed by atoms with Crippen LogP contribution in [0, 0.1) is 0 Å². The first kappa shape index (κ1) is 16.5. The van der Waals surface area contributed by atoms with Crippen LogP contribution in [-0.2, 0) is 6.54 Å². The highest BCUT2D eigenvalue weighted by molar-refractivity contribution is 5.92. The van der Waals surface area contributed by atoms with E-state index in [4.69, 9.17) is 4.52 Å². The molecule has 0 bridgehead atoms. The van der Waals surface area contributed by atoms with Gasteiger partial charge in [-0.2, -0.15) is 0 Å². The lowest BCUT2D eigenvalue weighted by molar-refractivity contribution is 0.249. The number of benzene rings is 1. The van der Waals surface area contributed by atoms with Gasteiger partial charge >= 0.3 is 0 Å². The first-order chi connectivity index (χ1) is 13.4. The maximum atomic E-state index is 4.94. The van der Waals surface area contributed by atoms with Gasteiger partial charge in [0.1, 0.15) is 18.4 Å². The van der Waals surface area contributed by atoms with Crippen molar-refractivity contribution < 1.29 is 4.52 Å². The molecule has 0 radical (unpaired) electrons. The SMILES string of the molecule is c1nc(N2CCCC2)c2cc(N3CCN(Cc4cnoc4)CC3)ccc2n1. The molecule has 3 aromatic rings. The van der Waals surface area contributed by atoms with Crippen molar-refractivity contribution in [1.29, 1.82) is 0 Å². The Morgan fingerprint density at radius 2 is 1.78 bits per heavy atom. The second kappa shape index (κ2) is 7.15. The van der Waals surface area contributed by atoms with E-state index in [1.165, 1.54) is 23.9 Å². The Kier molecular flexibility index (Phi) is 4.37. The zero-order valence-corrected chi connectivity index (χ0v) is 15.4. The topological polar surface area (TPSA) is 61.5 Å². The molecular formula is C20H24N6O. The van der Waals surface area contributed by atoms with Crippen molar-refractivity contribution >= 4 is 22.4 Å². The fraction of sp³-hybridized carbons (Fsp3) is 0.450. The molecule has 4 heterocycles. The monoisotopic (exact) mass is 364 g/mol. The fourth-order valence-corrected chi connectivity index (χ4v) is 4.14. The lowest BCUT2D eigenvalue weighted by Gasteiger charge is -2.36. The van der Waals surface area contributed by atoms with E-state index in [0.29, 0.717) is 0 Å². The van der Waals surface area contributed by atoms with Crippen LogP contribution in [0.1, 0.15) is 18.4 Å². The smallest absolute Gasteiger partial charge is 0.139 e. The van der Waals surface area contributed by atoms with Crippen LogP contribution < -0.4 is 9.80 Å². The second-order valence-electron chi connectivity index (χ2n) is 7.39. The molecule has 0 amide bonds. The zero-order chi connectivity index (χ0) is 18.1. The third kappa shape index (κ3) is 3.35. The lowest BCUT2D eigenvalue weighted by atomic mass is 10.1. The summed E-state index contributed by atoms with van der Waals surface area (Å²) in [7, 11) is 0. The average Bonchev–Trinajstić information content (AvgIpc) is 3.42. The van der Waals surface area contributed by atoms with Gasteiger partial charge in [0, 0.05) is 62.5 Å². The standard InChI is InChI=1S/C20H24N6O/c1-2-6-26(5-1)20-18-11-17(3-4-19(18)21-15-22-20)25-9-7-24(8-10-25)13-16-12-23-27-14-16/h3-4,11-12,14-15H,1-2,5-10,13H2. The quantitative estimate of drug-likeness (QED) is 0.705. The van der Waals surface area contributed by atoms with Crippen LogP contribution in [-0.4, -0.2) is 59.3 Å². The van der Waals surface area contributed by atoms with E-state index in [1.54, 1.807) is 18.8 Å². The van der Waals surface area contributed by atoms with Gasteiger partial charge in [-0.1, -0.05) is 5.16 Å². The number of aromatic nitrogens is 3. The Hall–Kier alpha value is -2.67. The van der Waals surface area contributed by atoms with E-state index in [9.17, 15) is 0 Å². The number of fused-ring (bicyclic) bond motifs is 1. The van der Waals surface area contributed by atoms with Crippen LogP contribution in [0.2, 0.25) is 0 Å². The molecular weight excluding hydrogens is 340 g/mol. The Morgan fingerprint density at radius 3 is 2.56 bits per heavy atom. The van der Waals surface area contributed by atoms with E-state index in [0.717, 1.165) is 62.7 Å². The molecule has 2 fully saturated rings. The molecule has 7 nitrogen and oxygen atoms in total. The van der Waals surface area contributed by atoms with Gasteiger partial charge in [-0.3, -0.25) is 4.90 Å². The number of piperazine rings is 1. The molecule has 5 rings (SSSR count). The summed E-state index contributed by atoms with van der Waals surface area (Å²) in [6, 6.07) is 6.60. The summed E-state index contributed by atoms with van der Waals surface area (Å²) in [4.78, 5) is 16.4. The van der Waals surface area contributed by atoms with Crippen LogP contribution in [0.5, 0.6) is 0 Å². The zero-order valence-electron chi connectivity index (χ0n) is 15.4. The molecule has 0 N–H and O–H groups in total. The average molecular weight is 364 g/mol. The fourth-order valence-electron chi connectivity index (χ4n) is 4.14. The molecule has 140 valence electrons. The van der Waals surface area contributed by atoms with Crippen LogP contribution >= 0.6 is 0 Å². The Balaban J connectivity index is 1.34. The minimum atomic E-state index is 0.905. The van der Waals surface area contributed by atoms with E-state index in [-0.39, 0.29) is 0 Å². The third-order valence-electron chi connectivity index (χ3n) is 5.63. The largest absolute Gasteiger partial charge is 0.369 e. The molecule has 1 aromatic carbocycles. The van der Waals surface area contributed by atoms with Gasteiger partial charge in [0.05, 0.1) is 11.7 Å². The second-order valence-corrected chi connectivity index (χ2v) is 7.39. The maximum absolute atomic E-state index is 4.94. The molecule has 0 atom stereocenters. The molecule has 2 aromatic heterocycles. The van der Waals surface area contributed by atoms with Crippen molar-refractivity contribution in [2.45, 2.75) is 19.4 Å². The van der Waals surface area contributed by atoms with E-state index >= 15 is 0 Å². The number of hydrogen-bond acceptors (Lipinski definition) is 7. The first-order valence-electron chi connectivity index (χ1n) is 9.72. The molecule has 0 aliphatic carbocycles.